The Kier molecular flexibility index (Phi) is 3.70. The van der Waals surface area contributed by atoms with Crippen molar-refractivity contribution in [1.29, 1.82) is 0 Å². The third kappa shape index (κ3) is 2.75. The van der Waals surface area contributed by atoms with Crippen molar-refractivity contribution in [3.05, 3.63) is 10.0 Å². The van der Waals surface area contributed by atoms with Gasteiger partial charge in [-0.05, 0) is 25.7 Å². The van der Waals surface area contributed by atoms with Crippen molar-refractivity contribution in [2.24, 2.45) is 5.92 Å². The second-order valence-corrected chi connectivity index (χ2v) is 5.57. The van der Waals surface area contributed by atoms with E-state index in [1.807, 2.05) is 6.92 Å². The molecule has 1 aromatic rings. The molecule has 1 heterocycles. The Morgan fingerprint density at radius 2 is 2.27 bits per heavy atom. The SMILES string of the molecule is CCC1CCCC1NCc1nnc(C)s1. The van der Waals surface area contributed by atoms with E-state index >= 15 is 0 Å². The zero-order chi connectivity index (χ0) is 10.7. The van der Waals surface area contributed by atoms with Gasteiger partial charge in [0.1, 0.15) is 10.0 Å². The summed E-state index contributed by atoms with van der Waals surface area (Å²) in [6.45, 7) is 5.19. The quantitative estimate of drug-likeness (QED) is 0.855. The van der Waals surface area contributed by atoms with Crippen molar-refractivity contribution in [1.82, 2.24) is 15.5 Å². The van der Waals surface area contributed by atoms with E-state index in [1.165, 1.54) is 25.7 Å². The molecule has 0 aliphatic heterocycles. The van der Waals surface area contributed by atoms with E-state index in [0.29, 0.717) is 6.04 Å². The largest absolute Gasteiger partial charge is 0.307 e. The summed E-state index contributed by atoms with van der Waals surface area (Å²) >= 11 is 1.70. The first-order chi connectivity index (χ1) is 7.29. The minimum atomic E-state index is 0.708. The summed E-state index contributed by atoms with van der Waals surface area (Å²) in [4.78, 5) is 0. The fourth-order valence-corrected chi connectivity index (χ4v) is 3.08. The van der Waals surface area contributed by atoms with Gasteiger partial charge in [0.05, 0.1) is 0 Å². The summed E-state index contributed by atoms with van der Waals surface area (Å²) in [5.74, 6) is 0.874. The highest BCUT2D eigenvalue weighted by atomic mass is 32.1. The lowest BCUT2D eigenvalue weighted by atomic mass is 10.0. The molecule has 1 N–H and O–H groups in total. The Hall–Kier alpha value is -0.480. The van der Waals surface area contributed by atoms with Gasteiger partial charge in [0.2, 0.25) is 0 Å². The molecule has 0 bridgehead atoms. The number of aryl methyl sites for hydroxylation is 1. The van der Waals surface area contributed by atoms with Gasteiger partial charge >= 0.3 is 0 Å². The minimum absolute atomic E-state index is 0.708. The van der Waals surface area contributed by atoms with Gasteiger partial charge in [0.15, 0.2) is 0 Å². The predicted octanol–water partition coefficient (Wildman–Crippen LogP) is 2.51. The molecule has 0 spiro atoms. The zero-order valence-corrected chi connectivity index (χ0v) is 10.3. The van der Waals surface area contributed by atoms with Crippen LogP contribution in [-0.4, -0.2) is 16.2 Å². The molecule has 2 rings (SSSR count). The number of nitrogens with zero attached hydrogens (tertiary/aromatic N) is 2. The first-order valence-electron chi connectivity index (χ1n) is 5.82. The summed E-state index contributed by atoms with van der Waals surface area (Å²) in [5.41, 5.74) is 0. The smallest absolute Gasteiger partial charge is 0.131 e. The van der Waals surface area contributed by atoms with Crippen LogP contribution in [0, 0.1) is 12.8 Å². The van der Waals surface area contributed by atoms with Gasteiger partial charge in [-0.25, -0.2) is 0 Å². The average Bonchev–Trinajstić information content (AvgIpc) is 2.83. The highest BCUT2D eigenvalue weighted by Gasteiger charge is 2.25. The van der Waals surface area contributed by atoms with Crippen molar-refractivity contribution in [2.45, 2.75) is 52.1 Å². The highest BCUT2D eigenvalue weighted by Crippen LogP contribution is 2.28. The minimum Gasteiger partial charge on any atom is -0.307 e. The van der Waals surface area contributed by atoms with Gasteiger partial charge in [-0.1, -0.05) is 19.8 Å². The molecule has 1 aromatic heterocycles. The van der Waals surface area contributed by atoms with E-state index in [9.17, 15) is 0 Å². The second-order valence-electron chi connectivity index (χ2n) is 4.30. The molecule has 2 unspecified atom stereocenters. The third-order valence-corrected chi connectivity index (χ3v) is 4.11. The van der Waals surface area contributed by atoms with Crippen LogP contribution in [0.2, 0.25) is 0 Å². The van der Waals surface area contributed by atoms with E-state index in [1.54, 1.807) is 11.3 Å². The molecular formula is C11H19N3S. The standard InChI is InChI=1S/C11H19N3S/c1-3-9-5-4-6-10(9)12-7-11-14-13-8(2)15-11/h9-10,12H,3-7H2,1-2H3. The number of hydrogen-bond donors (Lipinski definition) is 1. The molecule has 0 aromatic carbocycles. The molecule has 4 heteroatoms. The summed E-state index contributed by atoms with van der Waals surface area (Å²) < 4.78 is 0. The molecular weight excluding hydrogens is 206 g/mol. The van der Waals surface area contributed by atoms with Crippen LogP contribution in [-0.2, 0) is 6.54 Å². The Bertz CT molecular complexity index is 311. The van der Waals surface area contributed by atoms with Crippen molar-refractivity contribution in [2.75, 3.05) is 0 Å². The molecule has 2 atom stereocenters. The molecule has 0 radical (unpaired) electrons. The van der Waals surface area contributed by atoms with E-state index in [-0.39, 0.29) is 0 Å². The van der Waals surface area contributed by atoms with Crippen molar-refractivity contribution < 1.29 is 0 Å². The lowest BCUT2D eigenvalue weighted by Gasteiger charge is -2.18. The fraction of sp³-hybridized carbons (Fsp3) is 0.818. The van der Waals surface area contributed by atoms with E-state index in [4.69, 9.17) is 0 Å². The van der Waals surface area contributed by atoms with Crippen LogP contribution in [0.4, 0.5) is 0 Å². The van der Waals surface area contributed by atoms with Gasteiger partial charge in [0.25, 0.3) is 0 Å². The fourth-order valence-electron chi connectivity index (χ4n) is 2.42. The van der Waals surface area contributed by atoms with E-state index in [0.717, 1.165) is 22.5 Å². The number of rotatable bonds is 4. The van der Waals surface area contributed by atoms with E-state index in [2.05, 4.69) is 22.4 Å². The van der Waals surface area contributed by atoms with Crippen LogP contribution in [0.25, 0.3) is 0 Å². The number of hydrogen-bond acceptors (Lipinski definition) is 4. The molecule has 3 nitrogen and oxygen atoms in total. The maximum Gasteiger partial charge on any atom is 0.131 e. The van der Waals surface area contributed by atoms with Crippen molar-refractivity contribution in [3.8, 4) is 0 Å². The van der Waals surface area contributed by atoms with Crippen LogP contribution in [0.15, 0.2) is 0 Å². The van der Waals surface area contributed by atoms with Crippen LogP contribution in [0.3, 0.4) is 0 Å². The third-order valence-electron chi connectivity index (χ3n) is 3.27. The maximum absolute atomic E-state index is 4.13. The molecule has 0 saturated heterocycles. The molecule has 15 heavy (non-hydrogen) atoms. The predicted molar refractivity (Wildman–Crippen MR) is 62.9 cm³/mol. The van der Waals surface area contributed by atoms with Gasteiger partial charge < -0.3 is 5.32 Å². The maximum atomic E-state index is 4.13. The van der Waals surface area contributed by atoms with Gasteiger partial charge in [-0.15, -0.1) is 21.5 Å². The van der Waals surface area contributed by atoms with Gasteiger partial charge in [0, 0.05) is 12.6 Å². The monoisotopic (exact) mass is 225 g/mol. The van der Waals surface area contributed by atoms with Crippen LogP contribution in [0.1, 0.15) is 42.6 Å². The Morgan fingerprint density at radius 3 is 2.93 bits per heavy atom. The Balaban J connectivity index is 1.82. The number of aromatic nitrogens is 2. The topological polar surface area (TPSA) is 37.8 Å². The highest BCUT2D eigenvalue weighted by molar-refractivity contribution is 7.11. The second kappa shape index (κ2) is 5.03. The molecule has 1 aliphatic carbocycles. The Labute approximate surface area is 95.3 Å². The normalized spacial score (nSPS) is 26.0. The number of nitrogens with one attached hydrogen (secondary N) is 1. The van der Waals surface area contributed by atoms with Crippen LogP contribution >= 0.6 is 11.3 Å². The molecule has 1 fully saturated rings. The van der Waals surface area contributed by atoms with Crippen LogP contribution < -0.4 is 5.32 Å². The molecule has 84 valence electrons. The van der Waals surface area contributed by atoms with Crippen molar-refractivity contribution in [3.63, 3.8) is 0 Å². The Morgan fingerprint density at radius 1 is 1.40 bits per heavy atom. The summed E-state index contributed by atoms with van der Waals surface area (Å²) in [6.07, 6.45) is 5.40. The van der Waals surface area contributed by atoms with E-state index < -0.39 is 0 Å². The first-order valence-corrected chi connectivity index (χ1v) is 6.63. The summed E-state index contributed by atoms with van der Waals surface area (Å²) in [5, 5.41) is 14.0. The first kappa shape index (κ1) is 11.0. The summed E-state index contributed by atoms with van der Waals surface area (Å²) in [7, 11) is 0. The van der Waals surface area contributed by atoms with Gasteiger partial charge in [-0.2, -0.15) is 0 Å². The van der Waals surface area contributed by atoms with Crippen LogP contribution in [0.5, 0.6) is 0 Å². The van der Waals surface area contributed by atoms with Crippen molar-refractivity contribution >= 4 is 11.3 Å². The summed E-state index contributed by atoms with van der Waals surface area (Å²) in [6, 6.07) is 0.708. The average molecular weight is 225 g/mol. The molecule has 1 saturated carbocycles. The lowest BCUT2D eigenvalue weighted by Crippen LogP contribution is -2.31. The molecule has 0 amide bonds. The molecule has 1 aliphatic rings. The lowest BCUT2D eigenvalue weighted by molar-refractivity contribution is 0.389. The zero-order valence-electron chi connectivity index (χ0n) is 9.49. The van der Waals surface area contributed by atoms with Gasteiger partial charge in [-0.3, -0.25) is 0 Å².